The van der Waals surface area contributed by atoms with Crippen LogP contribution < -0.4 is 10.6 Å². The molecule has 0 spiro atoms. The van der Waals surface area contributed by atoms with E-state index in [1.807, 2.05) is 49.5 Å². The number of nitrogens with zero attached hydrogens (tertiary/aromatic N) is 4. The molecule has 43 heavy (non-hydrogen) atoms. The molecule has 3 saturated carbocycles. The van der Waals surface area contributed by atoms with E-state index in [2.05, 4.69) is 22.5 Å². The molecule has 3 fully saturated rings. The highest BCUT2D eigenvalue weighted by atomic mass is 32.2. The molecule has 3 N–H and O–H groups in total. The quantitative estimate of drug-likeness (QED) is 0.208. The largest absolute Gasteiger partial charge is 0.392 e. The summed E-state index contributed by atoms with van der Waals surface area (Å²) in [5, 5.41) is 16.6. The lowest BCUT2D eigenvalue weighted by Gasteiger charge is -2.21. The molecule has 3 aliphatic carbocycles. The summed E-state index contributed by atoms with van der Waals surface area (Å²) >= 11 is 1.67. The molecule has 9 nitrogen and oxygen atoms in total. The third-order valence-electron chi connectivity index (χ3n) is 8.38. The van der Waals surface area contributed by atoms with Crippen LogP contribution in [0.3, 0.4) is 0 Å². The van der Waals surface area contributed by atoms with Crippen molar-refractivity contribution in [3.05, 3.63) is 59.5 Å². The second-order valence-corrected chi connectivity index (χ2v) is 15.6. The molecule has 4 aromatic rings. The average molecular weight is 621 g/mol. The van der Waals surface area contributed by atoms with Crippen LogP contribution >= 0.6 is 11.3 Å². The maximum absolute atomic E-state index is 11.9. The maximum atomic E-state index is 11.9. The van der Waals surface area contributed by atoms with Crippen molar-refractivity contribution in [1.29, 1.82) is 0 Å². The zero-order valence-corrected chi connectivity index (χ0v) is 26.6. The number of aliphatic hydroxyl groups excluding tert-OH is 1. The molecular formula is C32H40N6O3S2. The van der Waals surface area contributed by atoms with E-state index in [1.54, 1.807) is 11.3 Å². The van der Waals surface area contributed by atoms with Crippen LogP contribution in [0.25, 0.3) is 20.8 Å². The second-order valence-electron chi connectivity index (χ2n) is 12.4. The van der Waals surface area contributed by atoms with Crippen LogP contribution in [0.4, 0.5) is 11.8 Å². The van der Waals surface area contributed by atoms with Gasteiger partial charge in [0.05, 0.1) is 34.0 Å². The molecule has 3 heterocycles. The zero-order chi connectivity index (χ0) is 30.1. The lowest BCUT2D eigenvalue weighted by molar-refractivity contribution is 0.282. The van der Waals surface area contributed by atoms with E-state index in [0.717, 1.165) is 69.2 Å². The molecule has 3 aromatic heterocycles. The van der Waals surface area contributed by atoms with Gasteiger partial charge in [0.1, 0.15) is 26.2 Å². The van der Waals surface area contributed by atoms with Gasteiger partial charge in [-0.3, -0.25) is 4.98 Å². The fraction of sp³-hybridized carbons (Fsp3) is 0.500. The summed E-state index contributed by atoms with van der Waals surface area (Å²) in [5.74, 6) is 2.73. The molecule has 3 atom stereocenters. The van der Waals surface area contributed by atoms with Gasteiger partial charge in [-0.05, 0) is 68.9 Å². The van der Waals surface area contributed by atoms with Gasteiger partial charge >= 0.3 is 0 Å². The number of aliphatic hydroxyl groups is 1. The highest BCUT2D eigenvalue weighted by Gasteiger charge is 2.35. The fourth-order valence-corrected chi connectivity index (χ4v) is 8.14. The molecule has 3 aliphatic rings. The van der Waals surface area contributed by atoms with Crippen molar-refractivity contribution in [3.63, 3.8) is 0 Å². The summed E-state index contributed by atoms with van der Waals surface area (Å²) in [5.41, 5.74) is 4.91. The fourth-order valence-electron chi connectivity index (χ4n) is 5.95. The normalized spacial score (nSPS) is 21.8. The van der Waals surface area contributed by atoms with Crippen LogP contribution in [0.15, 0.2) is 42.6 Å². The molecular weight excluding hydrogens is 581 g/mol. The first-order valence-corrected chi connectivity index (χ1v) is 18.0. The number of benzene rings is 1. The maximum Gasteiger partial charge on any atom is 0.225 e. The highest BCUT2D eigenvalue weighted by Crippen LogP contribution is 2.45. The molecule has 0 saturated heterocycles. The Balaban J connectivity index is 0.000000359. The van der Waals surface area contributed by atoms with Gasteiger partial charge in [0.15, 0.2) is 0 Å². The molecule has 1 aromatic carbocycles. The molecule has 7 rings (SSSR count). The number of sulfone groups is 1. The first kappa shape index (κ1) is 29.9. The third kappa shape index (κ3) is 7.50. The minimum atomic E-state index is -3.00. The standard InChI is InChI=1S/C25H32N6O2S2.C7H8O/c1-13-10-15(12-35(3,32)33)11-18(13)29-23-20(14(2)27-25(31-23)28-17-6-7-17)24-30-22-19(34-24)8-9-26-21(22)16-4-5-16;8-6-7-4-2-1-3-5-7/h8-9,13,15-18H,4-7,10-12H2,1-3H3,(H2,27,28,29,31);1-5,8H,6H2. The Bertz CT molecular complexity index is 1690. The van der Waals surface area contributed by atoms with Gasteiger partial charge in [-0.25, -0.2) is 18.4 Å². The Morgan fingerprint density at radius 3 is 2.42 bits per heavy atom. The number of anilines is 2. The lowest BCUT2D eigenvalue weighted by atomic mass is 10.1. The van der Waals surface area contributed by atoms with Crippen molar-refractivity contribution in [2.24, 2.45) is 11.8 Å². The molecule has 3 unspecified atom stereocenters. The third-order valence-corrected chi connectivity index (χ3v) is 10.5. The monoisotopic (exact) mass is 620 g/mol. The number of nitrogens with one attached hydrogen (secondary N) is 2. The average Bonchev–Trinajstić information content (AvgIpc) is 3.89. The van der Waals surface area contributed by atoms with Crippen LogP contribution in [0.5, 0.6) is 0 Å². The summed E-state index contributed by atoms with van der Waals surface area (Å²) in [6.07, 6.45) is 9.60. The lowest BCUT2D eigenvalue weighted by Crippen LogP contribution is -2.24. The number of aryl methyl sites for hydroxylation is 1. The van der Waals surface area contributed by atoms with Crippen LogP contribution in [0.2, 0.25) is 0 Å². The van der Waals surface area contributed by atoms with Crippen LogP contribution in [-0.4, -0.2) is 57.6 Å². The molecule has 0 aliphatic heterocycles. The van der Waals surface area contributed by atoms with Gasteiger partial charge < -0.3 is 15.7 Å². The predicted octanol–water partition coefficient (Wildman–Crippen LogP) is 5.96. The number of pyridine rings is 1. The summed E-state index contributed by atoms with van der Waals surface area (Å²) in [6.45, 7) is 4.36. The van der Waals surface area contributed by atoms with Crippen molar-refractivity contribution in [2.45, 2.75) is 77.0 Å². The van der Waals surface area contributed by atoms with Gasteiger partial charge in [-0.15, -0.1) is 11.3 Å². The summed E-state index contributed by atoms with van der Waals surface area (Å²) in [7, 11) is -3.00. The Morgan fingerprint density at radius 2 is 1.77 bits per heavy atom. The molecule has 0 radical (unpaired) electrons. The minimum Gasteiger partial charge on any atom is -0.392 e. The number of rotatable bonds is 9. The van der Waals surface area contributed by atoms with Gasteiger partial charge in [-0.1, -0.05) is 37.3 Å². The molecule has 228 valence electrons. The number of hydrogen-bond acceptors (Lipinski definition) is 10. The van der Waals surface area contributed by atoms with Gasteiger partial charge in [0.25, 0.3) is 0 Å². The summed E-state index contributed by atoms with van der Waals surface area (Å²) in [4.78, 5) is 19.4. The van der Waals surface area contributed by atoms with Crippen molar-refractivity contribution in [3.8, 4) is 10.6 Å². The Kier molecular flexibility index (Phi) is 8.66. The molecule has 11 heteroatoms. The van der Waals surface area contributed by atoms with Crippen LogP contribution in [-0.2, 0) is 16.4 Å². The topological polar surface area (TPSA) is 130 Å². The summed E-state index contributed by atoms with van der Waals surface area (Å²) in [6, 6.07) is 12.2. The van der Waals surface area contributed by atoms with Crippen molar-refractivity contribution in [2.75, 3.05) is 22.6 Å². The van der Waals surface area contributed by atoms with Crippen molar-refractivity contribution < 1.29 is 13.5 Å². The van der Waals surface area contributed by atoms with E-state index in [-0.39, 0.29) is 24.3 Å². The van der Waals surface area contributed by atoms with E-state index in [1.165, 1.54) is 19.1 Å². The van der Waals surface area contributed by atoms with Gasteiger partial charge in [0, 0.05) is 30.5 Å². The van der Waals surface area contributed by atoms with Crippen LogP contribution in [0.1, 0.15) is 68.3 Å². The number of hydrogen-bond donors (Lipinski definition) is 3. The number of thiazole rings is 1. The number of aromatic nitrogens is 4. The Morgan fingerprint density at radius 1 is 1.00 bits per heavy atom. The highest BCUT2D eigenvalue weighted by molar-refractivity contribution is 7.90. The summed E-state index contributed by atoms with van der Waals surface area (Å²) < 4.78 is 24.9. The Hall–Kier alpha value is -3.15. The molecule has 0 bridgehead atoms. The van der Waals surface area contributed by atoms with Gasteiger partial charge in [0.2, 0.25) is 5.95 Å². The van der Waals surface area contributed by atoms with E-state index in [0.29, 0.717) is 23.8 Å². The van der Waals surface area contributed by atoms with Crippen molar-refractivity contribution >= 4 is 43.2 Å². The first-order valence-electron chi connectivity index (χ1n) is 15.2. The zero-order valence-electron chi connectivity index (χ0n) is 25.0. The predicted molar refractivity (Wildman–Crippen MR) is 173 cm³/mol. The smallest absolute Gasteiger partial charge is 0.225 e. The Labute approximate surface area is 257 Å². The molecule has 0 amide bonds. The first-order chi connectivity index (χ1) is 20.7. The van der Waals surface area contributed by atoms with Crippen LogP contribution in [0, 0.1) is 18.8 Å². The number of fused-ring (bicyclic) bond motifs is 1. The van der Waals surface area contributed by atoms with E-state index in [4.69, 9.17) is 20.1 Å². The van der Waals surface area contributed by atoms with Crippen molar-refractivity contribution in [1.82, 2.24) is 19.9 Å². The SMILES string of the molecule is Cc1nc(NC2CC2)nc(NC2CC(CS(C)(=O)=O)CC2C)c1-c1nc2c(C3CC3)nccc2s1.OCc1ccccc1. The van der Waals surface area contributed by atoms with Gasteiger partial charge in [-0.2, -0.15) is 4.98 Å². The van der Waals surface area contributed by atoms with E-state index >= 15 is 0 Å². The van der Waals surface area contributed by atoms with E-state index < -0.39 is 9.84 Å². The minimum absolute atomic E-state index is 0.140. The van der Waals surface area contributed by atoms with E-state index in [9.17, 15) is 8.42 Å². The second kappa shape index (κ2) is 12.5.